The lowest BCUT2D eigenvalue weighted by molar-refractivity contribution is -0.157. The minimum Gasteiger partial charge on any atom is -0.459 e. The first-order valence-electron chi connectivity index (χ1n) is 10.2. The summed E-state index contributed by atoms with van der Waals surface area (Å²) >= 11 is 0. The number of benzene rings is 2. The van der Waals surface area contributed by atoms with Crippen molar-refractivity contribution >= 4 is 17.8 Å². The SMILES string of the molecule is CC(NC(CCc1ccccc1)C(=O)OC(C)(C)C)c1cccc2c1C(=O)NC2=O. The zero-order valence-corrected chi connectivity index (χ0v) is 17.8. The van der Waals surface area contributed by atoms with Crippen molar-refractivity contribution in [3.63, 3.8) is 0 Å². The van der Waals surface area contributed by atoms with Crippen LogP contribution in [0, 0.1) is 0 Å². The number of esters is 1. The predicted molar refractivity (Wildman–Crippen MR) is 114 cm³/mol. The van der Waals surface area contributed by atoms with Gasteiger partial charge in [-0.15, -0.1) is 0 Å². The van der Waals surface area contributed by atoms with Crippen molar-refractivity contribution in [1.29, 1.82) is 0 Å². The molecule has 2 aromatic rings. The van der Waals surface area contributed by atoms with Crippen LogP contribution in [0.5, 0.6) is 0 Å². The van der Waals surface area contributed by atoms with Crippen LogP contribution in [-0.2, 0) is 16.0 Å². The quantitative estimate of drug-likeness (QED) is 0.541. The molecule has 0 bridgehead atoms. The van der Waals surface area contributed by atoms with E-state index in [9.17, 15) is 14.4 Å². The van der Waals surface area contributed by atoms with Gasteiger partial charge < -0.3 is 4.74 Å². The summed E-state index contributed by atoms with van der Waals surface area (Å²) in [5.74, 6) is -1.13. The van der Waals surface area contributed by atoms with E-state index < -0.39 is 23.5 Å². The maximum absolute atomic E-state index is 12.9. The van der Waals surface area contributed by atoms with Crippen LogP contribution in [0.4, 0.5) is 0 Å². The first-order valence-corrected chi connectivity index (χ1v) is 10.2. The zero-order chi connectivity index (χ0) is 21.9. The molecule has 2 amide bonds. The van der Waals surface area contributed by atoms with Crippen LogP contribution in [0.2, 0.25) is 0 Å². The molecule has 3 rings (SSSR count). The molecule has 0 radical (unpaired) electrons. The fraction of sp³-hybridized carbons (Fsp3) is 0.375. The fourth-order valence-corrected chi connectivity index (χ4v) is 3.60. The van der Waals surface area contributed by atoms with Gasteiger partial charge in [0.1, 0.15) is 11.6 Å². The van der Waals surface area contributed by atoms with Gasteiger partial charge in [-0.2, -0.15) is 0 Å². The van der Waals surface area contributed by atoms with E-state index in [2.05, 4.69) is 10.6 Å². The van der Waals surface area contributed by atoms with Crippen LogP contribution in [0.15, 0.2) is 48.5 Å². The summed E-state index contributed by atoms with van der Waals surface area (Å²) in [5, 5.41) is 5.66. The molecule has 30 heavy (non-hydrogen) atoms. The topological polar surface area (TPSA) is 84.5 Å². The number of hydrogen-bond donors (Lipinski definition) is 2. The lowest BCUT2D eigenvalue weighted by Crippen LogP contribution is -2.43. The molecule has 1 heterocycles. The molecule has 0 saturated carbocycles. The van der Waals surface area contributed by atoms with Crippen molar-refractivity contribution < 1.29 is 19.1 Å². The summed E-state index contributed by atoms with van der Waals surface area (Å²) in [5.41, 5.74) is 1.95. The van der Waals surface area contributed by atoms with Gasteiger partial charge in [-0.05, 0) is 57.7 Å². The second-order valence-corrected chi connectivity index (χ2v) is 8.55. The molecule has 0 aromatic heterocycles. The van der Waals surface area contributed by atoms with Gasteiger partial charge in [-0.1, -0.05) is 42.5 Å². The highest BCUT2D eigenvalue weighted by Crippen LogP contribution is 2.26. The van der Waals surface area contributed by atoms with Gasteiger partial charge in [0.25, 0.3) is 11.8 Å². The number of ether oxygens (including phenoxy) is 1. The van der Waals surface area contributed by atoms with Crippen LogP contribution in [0.25, 0.3) is 0 Å². The van der Waals surface area contributed by atoms with E-state index in [1.165, 1.54) is 0 Å². The highest BCUT2D eigenvalue weighted by molar-refractivity contribution is 6.22. The molecule has 0 saturated heterocycles. The molecule has 2 N–H and O–H groups in total. The van der Waals surface area contributed by atoms with E-state index >= 15 is 0 Å². The summed E-state index contributed by atoms with van der Waals surface area (Å²) in [6.45, 7) is 7.39. The van der Waals surface area contributed by atoms with Crippen molar-refractivity contribution in [3.8, 4) is 0 Å². The smallest absolute Gasteiger partial charge is 0.323 e. The van der Waals surface area contributed by atoms with E-state index in [4.69, 9.17) is 4.74 Å². The van der Waals surface area contributed by atoms with Crippen LogP contribution in [0.1, 0.15) is 72.0 Å². The van der Waals surface area contributed by atoms with Gasteiger partial charge in [0.2, 0.25) is 0 Å². The molecule has 0 fully saturated rings. The monoisotopic (exact) mass is 408 g/mol. The molecule has 6 heteroatoms. The Bertz CT molecular complexity index is 947. The van der Waals surface area contributed by atoms with Crippen molar-refractivity contribution in [3.05, 3.63) is 70.8 Å². The zero-order valence-electron chi connectivity index (χ0n) is 17.8. The Balaban J connectivity index is 1.81. The fourth-order valence-electron chi connectivity index (χ4n) is 3.60. The average molecular weight is 408 g/mol. The van der Waals surface area contributed by atoms with Gasteiger partial charge in [0.05, 0.1) is 11.1 Å². The Kier molecular flexibility index (Phi) is 6.37. The summed E-state index contributed by atoms with van der Waals surface area (Å²) < 4.78 is 5.62. The van der Waals surface area contributed by atoms with Gasteiger partial charge in [-0.3, -0.25) is 25.0 Å². The molecular formula is C24H28N2O4. The van der Waals surface area contributed by atoms with Crippen molar-refractivity contribution in [2.24, 2.45) is 0 Å². The normalized spacial score (nSPS) is 15.3. The third-order valence-corrected chi connectivity index (χ3v) is 4.97. The highest BCUT2D eigenvalue weighted by atomic mass is 16.6. The summed E-state index contributed by atoms with van der Waals surface area (Å²) in [6.07, 6.45) is 1.25. The number of aryl methyl sites for hydroxylation is 1. The summed E-state index contributed by atoms with van der Waals surface area (Å²) in [4.78, 5) is 37.1. The van der Waals surface area contributed by atoms with E-state index in [-0.39, 0.29) is 12.0 Å². The summed E-state index contributed by atoms with van der Waals surface area (Å²) in [6, 6.07) is 14.2. The second kappa shape index (κ2) is 8.79. The largest absolute Gasteiger partial charge is 0.459 e. The van der Waals surface area contributed by atoms with Gasteiger partial charge in [0.15, 0.2) is 0 Å². The van der Waals surface area contributed by atoms with Crippen molar-refractivity contribution in [2.75, 3.05) is 0 Å². The second-order valence-electron chi connectivity index (χ2n) is 8.55. The third kappa shape index (κ3) is 5.13. The van der Waals surface area contributed by atoms with E-state index in [1.54, 1.807) is 18.2 Å². The van der Waals surface area contributed by atoms with Crippen LogP contribution >= 0.6 is 0 Å². The molecule has 6 nitrogen and oxygen atoms in total. The van der Waals surface area contributed by atoms with Crippen LogP contribution in [-0.4, -0.2) is 29.4 Å². The number of amides is 2. The lowest BCUT2D eigenvalue weighted by atomic mass is 9.96. The Hall–Kier alpha value is -2.99. The molecule has 2 unspecified atom stereocenters. The van der Waals surface area contributed by atoms with Crippen LogP contribution in [0.3, 0.4) is 0 Å². The standard InChI is InChI=1S/C24H28N2O4/c1-15(17-11-8-12-18-20(17)22(28)26-21(18)27)25-19(23(29)30-24(2,3)4)14-13-16-9-6-5-7-10-16/h5-12,15,19,25H,13-14H2,1-4H3,(H,26,27,28). The number of imide groups is 1. The number of nitrogens with one attached hydrogen (secondary N) is 2. The summed E-state index contributed by atoms with van der Waals surface area (Å²) in [7, 11) is 0. The third-order valence-electron chi connectivity index (χ3n) is 4.97. The average Bonchev–Trinajstić information content (AvgIpc) is 2.98. The minimum atomic E-state index is -0.604. The first kappa shape index (κ1) is 21.7. The van der Waals surface area contributed by atoms with Crippen molar-refractivity contribution in [2.45, 2.75) is 58.2 Å². The van der Waals surface area contributed by atoms with Gasteiger partial charge in [0, 0.05) is 6.04 Å². The van der Waals surface area contributed by atoms with Gasteiger partial charge in [-0.25, -0.2) is 0 Å². The minimum absolute atomic E-state index is 0.329. The maximum atomic E-state index is 12.9. The number of fused-ring (bicyclic) bond motifs is 1. The molecule has 1 aliphatic rings. The number of carbonyl (C=O) groups is 3. The van der Waals surface area contributed by atoms with E-state index in [1.807, 2.05) is 58.0 Å². The lowest BCUT2D eigenvalue weighted by Gasteiger charge is -2.27. The number of rotatable bonds is 7. The van der Waals surface area contributed by atoms with E-state index in [0.717, 1.165) is 5.56 Å². The Morgan fingerprint density at radius 2 is 1.73 bits per heavy atom. The Morgan fingerprint density at radius 1 is 1.03 bits per heavy atom. The molecule has 1 aliphatic heterocycles. The molecular weight excluding hydrogens is 380 g/mol. The molecule has 0 aliphatic carbocycles. The van der Waals surface area contributed by atoms with Crippen molar-refractivity contribution in [1.82, 2.24) is 10.6 Å². The van der Waals surface area contributed by atoms with E-state index in [0.29, 0.717) is 29.5 Å². The van der Waals surface area contributed by atoms with Gasteiger partial charge >= 0.3 is 5.97 Å². The molecule has 158 valence electrons. The number of carbonyl (C=O) groups excluding carboxylic acids is 3. The molecule has 0 spiro atoms. The van der Waals surface area contributed by atoms with Crippen LogP contribution < -0.4 is 10.6 Å². The highest BCUT2D eigenvalue weighted by Gasteiger charge is 2.32. The maximum Gasteiger partial charge on any atom is 0.323 e. The Labute approximate surface area is 177 Å². The predicted octanol–water partition coefficient (Wildman–Crippen LogP) is 3.56. The molecule has 2 aromatic carbocycles. The Morgan fingerprint density at radius 3 is 2.40 bits per heavy atom. The molecule has 2 atom stereocenters. The first-order chi connectivity index (χ1) is 14.2. The number of hydrogen-bond acceptors (Lipinski definition) is 5.